The fourth-order valence-electron chi connectivity index (χ4n) is 2.25. The zero-order valence-corrected chi connectivity index (χ0v) is 12.5. The van der Waals surface area contributed by atoms with Crippen LogP contribution in [0.5, 0.6) is 0 Å². The van der Waals surface area contributed by atoms with Gasteiger partial charge >= 0.3 is 0 Å². The van der Waals surface area contributed by atoms with E-state index < -0.39 is 14.9 Å². The van der Waals surface area contributed by atoms with Gasteiger partial charge in [-0.15, -0.1) is 0 Å². The van der Waals surface area contributed by atoms with Crippen molar-refractivity contribution in [3.8, 4) is 0 Å². The number of hydrogen-bond acceptors (Lipinski definition) is 5. The van der Waals surface area contributed by atoms with Crippen molar-refractivity contribution >= 4 is 33.6 Å². The first-order valence-corrected chi connectivity index (χ1v) is 8.07. The molecule has 1 unspecified atom stereocenters. The summed E-state index contributed by atoms with van der Waals surface area (Å²) in [6.45, 7) is 0.344. The average Bonchev–Trinajstić information content (AvgIpc) is 2.47. The van der Waals surface area contributed by atoms with Crippen LogP contribution >= 0.6 is 11.6 Å². The summed E-state index contributed by atoms with van der Waals surface area (Å²) in [5, 5.41) is 10.7. The number of aldehydes is 1. The van der Waals surface area contributed by atoms with Crippen LogP contribution in [0, 0.1) is 16.0 Å². The molecule has 1 fully saturated rings. The quantitative estimate of drug-likeness (QED) is 0.476. The third kappa shape index (κ3) is 3.22. The standard InChI is InChI=1S/C12H13ClN2O5S/c13-11-4-3-10(15(17)18)6-12(11)21(19,20)14-5-1-2-9(7-14)8-16/h3-4,6,8-9H,1-2,5,7H2. The van der Waals surface area contributed by atoms with E-state index >= 15 is 0 Å². The molecule has 0 bridgehead atoms. The third-order valence-electron chi connectivity index (χ3n) is 3.36. The van der Waals surface area contributed by atoms with Gasteiger partial charge in [-0.2, -0.15) is 4.31 Å². The topological polar surface area (TPSA) is 97.6 Å². The van der Waals surface area contributed by atoms with Gasteiger partial charge in [0.15, 0.2) is 0 Å². The van der Waals surface area contributed by atoms with Gasteiger partial charge in [0.1, 0.15) is 11.2 Å². The van der Waals surface area contributed by atoms with Crippen molar-refractivity contribution in [3.63, 3.8) is 0 Å². The normalized spacial score (nSPS) is 20.1. The number of piperidine rings is 1. The lowest BCUT2D eigenvalue weighted by Gasteiger charge is -2.29. The van der Waals surface area contributed by atoms with E-state index in [-0.39, 0.29) is 34.6 Å². The van der Waals surface area contributed by atoms with Gasteiger partial charge < -0.3 is 4.79 Å². The van der Waals surface area contributed by atoms with Crippen molar-refractivity contribution in [1.29, 1.82) is 0 Å². The summed E-state index contributed by atoms with van der Waals surface area (Å²) < 4.78 is 26.2. The van der Waals surface area contributed by atoms with Gasteiger partial charge in [-0.25, -0.2) is 8.42 Å². The van der Waals surface area contributed by atoms with Gasteiger partial charge in [0, 0.05) is 31.1 Å². The summed E-state index contributed by atoms with van der Waals surface area (Å²) in [6.07, 6.45) is 1.93. The second-order valence-corrected chi connectivity index (χ2v) is 7.09. The minimum atomic E-state index is -3.95. The highest BCUT2D eigenvalue weighted by Crippen LogP contribution is 2.30. The first-order chi connectivity index (χ1) is 9.86. The predicted octanol–water partition coefficient (Wildman–Crippen LogP) is 1.85. The van der Waals surface area contributed by atoms with Crippen molar-refractivity contribution in [2.75, 3.05) is 13.1 Å². The molecule has 1 aliphatic rings. The Hall–Kier alpha value is -1.51. The summed E-state index contributed by atoms with van der Waals surface area (Å²) in [7, 11) is -3.95. The van der Waals surface area contributed by atoms with E-state index in [1.165, 1.54) is 6.07 Å². The van der Waals surface area contributed by atoms with E-state index in [2.05, 4.69) is 0 Å². The van der Waals surface area contributed by atoms with Crippen LogP contribution in [0.4, 0.5) is 5.69 Å². The molecule has 0 saturated carbocycles. The van der Waals surface area contributed by atoms with Gasteiger partial charge in [-0.05, 0) is 18.9 Å². The molecule has 114 valence electrons. The second-order valence-electron chi connectivity index (χ2n) is 4.77. The van der Waals surface area contributed by atoms with Crippen molar-refractivity contribution < 1.29 is 18.1 Å². The molecule has 0 aromatic heterocycles. The molecule has 7 nitrogen and oxygen atoms in total. The van der Waals surface area contributed by atoms with Crippen LogP contribution in [0.15, 0.2) is 23.1 Å². The molecule has 0 radical (unpaired) electrons. The van der Waals surface area contributed by atoms with Crippen molar-refractivity contribution in [3.05, 3.63) is 33.3 Å². The molecule has 0 aliphatic carbocycles. The zero-order valence-electron chi connectivity index (χ0n) is 10.9. The number of rotatable bonds is 4. The first-order valence-electron chi connectivity index (χ1n) is 6.25. The van der Waals surface area contributed by atoms with Crippen molar-refractivity contribution in [2.24, 2.45) is 5.92 Å². The molecule has 9 heteroatoms. The van der Waals surface area contributed by atoms with Gasteiger partial charge in [0.05, 0.1) is 9.95 Å². The van der Waals surface area contributed by atoms with Crippen LogP contribution in [0.25, 0.3) is 0 Å². The highest BCUT2D eigenvalue weighted by atomic mass is 35.5. The highest BCUT2D eigenvalue weighted by Gasteiger charge is 2.32. The Labute approximate surface area is 126 Å². The lowest BCUT2D eigenvalue weighted by molar-refractivity contribution is -0.385. The maximum Gasteiger partial charge on any atom is 0.270 e. The fourth-order valence-corrected chi connectivity index (χ4v) is 4.28. The van der Waals surface area contributed by atoms with Crippen LogP contribution < -0.4 is 0 Å². The molecule has 1 aromatic rings. The Balaban J connectivity index is 2.41. The number of nitrogens with zero attached hydrogens (tertiary/aromatic N) is 2. The largest absolute Gasteiger partial charge is 0.303 e. The number of nitro groups is 1. The summed E-state index contributed by atoms with van der Waals surface area (Å²) in [6, 6.07) is 3.28. The average molecular weight is 333 g/mol. The lowest BCUT2D eigenvalue weighted by Crippen LogP contribution is -2.40. The SMILES string of the molecule is O=CC1CCCN(S(=O)(=O)c2cc([N+](=O)[O-])ccc2Cl)C1. The number of carbonyl (C=O) groups is 1. The van der Waals surface area contributed by atoms with Crippen LogP contribution in [0.3, 0.4) is 0 Å². The molecule has 1 aliphatic heterocycles. The molecule has 1 saturated heterocycles. The number of sulfonamides is 1. The summed E-state index contributed by atoms with van der Waals surface area (Å²) in [5.41, 5.74) is -0.345. The summed E-state index contributed by atoms with van der Waals surface area (Å²) in [5.74, 6) is -0.356. The molecule has 0 spiro atoms. The van der Waals surface area contributed by atoms with Gasteiger partial charge in [0.25, 0.3) is 5.69 Å². The van der Waals surface area contributed by atoms with Crippen LogP contribution in [-0.4, -0.2) is 37.0 Å². The maximum atomic E-state index is 12.5. The number of hydrogen-bond donors (Lipinski definition) is 0. The Morgan fingerprint density at radius 1 is 1.43 bits per heavy atom. The third-order valence-corrected chi connectivity index (χ3v) is 5.70. The highest BCUT2D eigenvalue weighted by molar-refractivity contribution is 7.89. The van der Waals surface area contributed by atoms with Gasteiger partial charge in [-0.3, -0.25) is 10.1 Å². The zero-order chi connectivity index (χ0) is 15.6. The molecule has 1 heterocycles. The van der Waals surface area contributed by atoms with E-state index in [4.69, 9.17) is 11.6 Å². The molecular formula is C12H13ClN2O5S. The minimum absolute atomic E-state index is 0.0743. The monoisotopic (exact) mass is 332 g/mol. The van der Waals surface area contributed by atoms with E-state index in [1.54, 1.807) is 0 Å². The molecule has 1 aromatic carbocycles. The summed E-state index contributed by atoms with van der Waals surface area (Å²) >= 11 is 5.88. The second kappa shape index (κ2) is 6.08. The van der Waals surface area contributed by atoms with E-state index in [9.17, 15) is 23.3 Å². The van der Waals surface area contributed by atoms with Crippen molar-refractivity contribution in [1.82, 2.24) is 4.31 Å². The Morgan fingerprint density at radius 2 is 2.14 bits per heavy atom. The molecule has 1 atom stereocenters. The number of non-ortho nitro benzene ring substituents is 1. The number of carbonyl (C=O) groups excluding carboxylic acids is 1. The van der Waals surface area contributed by atoms with E-state index in [1.807, 2.05) is 0 Å². The van der Waals surface area contributed by atoms with Crippen LogP contribution in [-0.2, 0) is 14.8 Å². The number of benzene rings is 1. The summed E-state index contributed by atoms with van der Waals surface area (Å²) in [4.78, 5) is 20.6. The lowest BCUT2D eigenvalue weighted by atomic mass is 10.0. The van der Waals surface area contributed by atoms with Crippen molar-refractivity contribution in [2.45, 2.75) is 17.7 Å². The Morgan fingerprint density at radius 3 is 2.76 bits per heavy atom. The van der Waals surface area contributed by atoms with Crippen LogP contribution in [0.1, 0.15) is 12.8 Å². The van der Waals surface area contributed by atoms with Gasteiger partial charge in [-0.1, -0.05) is 11.6 Å². The van der Waals surface area contributed by atoms with Crippen LogP contribution in [0.2, 0.25) is 5.02 Å². The number of nitro benzene ring substituents is 1. The van der Waals surface area contributed by atoms with E-state index in [0.29, 0.717) is 12.8 Å². The molecule has 0 N–H and O–H groups in total. The molecule has 21 heavy (non-hydrogen) atoms. The predicted molar refractivity (Wildman–Crippen MR) is 75.7 cm³/mol. The fraction of sp³-hybridized carbons (Fsp3) is 0.417. The maximum absolute atomic E-state index is 12.5. The minimum Gasteiger partial charge on any atom is -0.303 e. The molecule has 0 amide bonds. The Bertz CT molecular complexity index is 676. The molecular weight excluding hydrogens is 320 g/mol. The Kier molecular flexibility index (Phi) is 4.60. The smallest absolute Gasteiger partial charge is 0.270 e. The first kappa shape index (κ1) is 15.9. The molecule has 2 rings (SSSR count). The van der Waals surface area contributed by atoms with E-state index in [0.717, 1.165) is 22.7 Å². The van der Waals surface area contributed by atoms with Gasteiger partial charge in [0.2, 0.25) is 10.0 Å². The number of halogens is 1.